The first kappa shape index (κ1) is 34.1. The maximum Gasteiger partial charge on any atom is 0.234 e. The summed E-state index contributed by atoms with van der Waals surface area (Å²) in [5.74, 6) is 0. The Labute approximate surface area is 338 Å². The molecule has 1 aliphatic rings. The normalized spacial score (nSPS) is 14.7. The van der Waals surface area contributed by atoms with Gasteiger partial charge in [0.05, 0.1) is 16.7 Å². The van der Waals surface area contributed by atoms with Crippen LogP contribution in [0.15, 0.2) is 224 Å². The summed E-state index contributed by atoms with van der Waals surface area (Å²) in [7, 11) is -3.31. The van der Waals surface area contributed by atoms with Crippen molar-refractivity contribution in [2.75, 3.05) is 4.67 Å². The molecule has 0 bridgehead atoms. The Hall–Kier alpha value is -7.19. The first-order valence-electron chi connectivity index (χ1n) is 19.7. The van der Waals surface area contributed by atoms with E-state index in [1.165, 1.54) is 33.0 Å². The minimum atomic E-state index is -3.31. The van der Waals surface area contributed by atoms with Crippen LogP contribution in [0.3, 0.4) is 0 Å². The summed E-state index contributed by atoms with van der Waals surface area (Å²) >= 11 is 0. The van der Waals surface area contributed by atoms with Gasteiger partial charge >= 0.3 is 0 Å². The molecule has 274 valence electrons. The predicted octanol–water partition coefficient (Wildman–Crippen LogP) is 13.8. The molecule has 0 amide bonds. The third-order valence-corrected chi connectivity index (χ3v) is 14.6. The lowest BCUT2D eigenvalue weighted by Crippen LogP contribution is -2.33. The van der Waals surface area contributed by atoms with Crippen molar-refractivity contribution in [1.29, 1.82) is 0 Å². The molecule has 9 aromatic carbocycles. The molecule has 0 saturated carbocycles. The molecule has 0 saturated heterocycles. The van der Waals surface area contributed by atoms with E-state index in [1.807, 2.05) is 60.7 Å². The number of para-hydroxylation sites is 2. The Morgan fingerprint density at radius 3 is 1.60 bits per heavy atom. The lowest BCUT2D eigenvalue weighted by atomic mass is 9.96. The molecule has 11 rings (SSSR count). The highest BCUT2D eigenvalue weighted by Gasteiger charge is 2.42. The van der Waals surface area contributed by atoms with Crippen LogP contribution in [0.5, 0.6) is 0 Å². The number of hydrogen-bond donors (Lipinski definition) is 0. The van der Waals surface area contributed by atoms with Crippen LogP contribution in [0.25, 0.3) is 72.0 Å². The second-order valence-corrected chi connectivity index (χ2v) is 17.4. The highest BCUT2D eigenvalue weighted by Crippen LogP contribution is 2.61. The highest BCUT2D eigenvalue weighted by molar-refractivity contribution is 7.80. The molecule has 0 N–H and O–H groups in total. The molecule has 0 radical (unpaired) electrons. The minimum Gasteiger partial charge on any atom is -0.309 e. The smallest absolute Gasteiger partial charge is 0.234 e. The van der Waals surface area contributed by atoms with Gasteiger partial charge in [-0.1, -0.05) is 146 Å². The number of hydrogen-bond acceptors (Lipinski definition) is 1. The molecule has 1 unspecified atom stereocenters. The average Bonchev–Trinajstić information content (AvgIpc) is 3.64. The van der Waals surface area contributed by atoms with Crippen LogP contribution in [-0.4, -0.2) is 4.57 Å². The van der Waals surface area contributed by atoms with Crippen molar-refractivity contribution in [3.8, 4) is 50.2 Å². The van der Waals surface area contributed by atoms with E-state index in [2.05, 4.69) is 173 Å². The van der Waals surface area contributed by atoms with Crippen molar-refractivity contribution in [3.63, 3.8) is 0 Å². The molecule has 0 spiro atoms. The lowest BCUT2D eigenvalue weighted by Gasteiger charge is -2.40. The zero-order valence-electron chi connectivity index (χ0n) is 31.6. The van der Waals surface area contributed by atoms with Gasteiger partial charge in [0, 0.05) is 38.3 Å². The third kappa shape index (κ3) is 5.47. The van der Waals surface area contributed by atoms with E-state index in [9.17, 15) is 0 Å². The molecule has 0 fully saturated rings. The van der Waals surface area contributed by atoms with Crippen molar-refractivity contribution in [2.45, 2.75) is 0 Å². The Balaban J connectivity index is 1.10. The van der Waals surface area contributed by atoms with Gasteiger partial charge in [-0.25, -0.2) is 0 Å². The van der Waals surface area contributed by atoms with Gasteiger partial charge in [-0.05, 0) is 118 Å². The summed E-state index contributed by atoms with van der Waals surface area (Å²) in [5.41, 5.74) is 14.3. The zero-order chi connectivity index (χ0) is 38.6. The van der Waals surface area contributed by atoms with Gasteiger partial charge in [0.25, 0.3) is 0 Å². The van der Waals surface area contributed by atoms with Crippen LogP contribution >= 0.6 is 7.29 Å². The summed E-state index contributed by atoms with van der Waals surface area (Å²) in [5, 5.41) is 4.05. The fraction of sp³-hybridized carbons (Fsp3) is 0. The van der Waals surface area contributed by atoms with Gasteiger partial charge in [0.1, 0.15) is 0 Å². The zero-order valence-corrected chi connectivity index (χ0v) is 32.5. The predicted molar refractivity (Wildman–Crippen MR) is 244 cm³/mol. The lowest BCUT2D eigenvalue weighted by molar-refractivity contribution is 0.587. The summed E-state index contributed by atoms with van der Waals surface area (Å²) in [6.07, 6.45) is 0. The van der Waals surface area contributed by atoms with Crippen LogP contribution in [0.2, 0.25) is 0 Å². The van der Waals surface area contributed by atoms with E-state index < -0.39 is 7.29 Å². The van der Waals surface area contributed by atoms with E-state index >= 15 is 4.57 Å². The molecule has 10 aromatic rings. The van der Waals surface area contributed by atoms with Gasteiger partial charge in [-0.3, -0.25) is 9.24 Å². The summed E-state index contributed by atoms with van der Waals surface area (Å²) in [6.45, 7) is 0. The Bertz CT molecular complexity index is 3140. The van der Waals surface area contributed by atoms with E-state index in [4.69, 9.17) is 0 Å². The Morgan fingerprint density at radius 2 is 0.897 bits per heavy atom. The van der Waals surface area contributed by atoms with Crippen molar-refractivity contribution < 1.29 is 4.57 Å². The fourth-order valence-electron chi connectivity index (χ4n) is 8.86. The summed E-state index contributed by atoms with van der Waals surface area (Å²) in [4.78, 5) is 0. The SMILES string of the molecule is O=P1(c2ccccc2)c2ccccc2-c2cc(-c3ccc4c(c3)c3ccccc3n4-c3cc(-c4ccccc4)cc(-c4ccccc4)c3)ccc2N1c1ccccc1. The van der Waals surface area contributed by atoms with Crippen LogP contribution < -0.4 is 15.3 Å². The molecule has 58 heavy (non-hydrogen) atoms. The first-order chi connectivity index (χ1) is 28.6. The topological polar surface area (TPSA) is 25.2 Å². The van der Waals surface area contributed by atoms with Crippen LogP contribution in [0, 0.1) is 0 Å². The number of nitrogens with zero attached hydrogens (tertiary/aromatic N) is 2. The molecular weight excluding hydrogens is 724 g/mol. The maximum absolute atomic E-state index is 15.8. The monoisotopic (exact) mass is 760 g/mol. The molecular formula is C54H37N2OP. The molecule has 1 aromatic heterocycles. The first-order valence-corrected chi connectivity index (χ1v) is 21.4. The quantitative estimate of drug-likeness (QED) is 0.158. The van der Waals surface area contributed by atoms with Crippen molar-refractivity contribution in [3.05, 3.63) is 224 Å². The number of rotatable bonds is 6. The summed E-state index contributed by atoms with van der Waals surface area (Å²) < 4.78 is 20.3. The van der Waals surface area contributed by atoms with E-state index in [0.717, 1.165) is 61.0 Å². The van der Waals surface area contributed by atoms with Gasteiger partial charge in [0.15, 0.2) is 0 Å². The third-order valence-electron chi connectivity index (χ3n) is 11.5. The molecule has 1 atom stereocenters. The van der Waals surface area contributed by atoms with E-state index in [-0.39, 0.29) is 0 Å². The van der Waals surface area contributed by atoms with Gasteiger partial charge < -0.3 is 4.57 Å². The van der Waals surface area contributed by atoms with E-state index in [1.54, 1.807) is 0 Å². The number of benzene rings is 9. The molecule has 0 aliphatic carbocycles. The molecule has 3 nitrogen and oxygen atoms in total. The largest absolute Gasteiger partial charge is 0.309 e. The van der Waals surface area contributed by atoms with E-state index in [0.29, 0.717) is 0 Å². The minimum absolute atomic E-state index is 0.813. The Kier molecular flexibility index (Phi) is 8.10. The molecule has 4 heteroatoms. The second kappa shape index (κ2) is 13.8. The van der Waals surface area contributed by atoms with Gasteiger partial charge in [0.2, 0.25) is 7.29 Å². The second-order valence-electron chi connectivity index (χ2n) is 14.9. The standard InChI is InChI=1S/C54H37N2OP/c57-58(46-23-11-4-12-24-46)54-28-16-14-26-48(54)50-37-41(30-32-53(50)56(58)44-21-9-3-10-22-44)40-29-31-52-49(36-40)47-25-13-15-27-51(47)55(52)45-34-42(38-17-5-1-6-18-38)33-43(35-45)39-19-7-2-8-20-39/h1-37H. The maximum atomic E-state index is 15.8. The number of aromatic nitrogens is 1. The average molecular weight is 761 g/mol. The van der Waals surface area contributed by atoms with Crippen molar-refractivity contribution in [1.82, 2.24) is 4.57 Å². The Morgan fingerprint density at radius 1 is 0.345 bits per heavy atom. The van der Waals surface area contributed by atoms with Crippen LogP contribution in [-0.2, 0) is 4.57 Å². The fourth-order valence-corrected chi connectivity index (χ4v) is 11.9. The van der Waals surface area contributed by atoms with Crippen LogP contribution in [0.1, 0.15) is 0 Å². The highest BCUT2D eigenvalue weighted by atomic mass is 31.2. The number of anilines is 2. The summed E-state index contributed by atoms with van der Waals surface area (Å²) in [6, 6.07) is 78.8. The van der Waals surface area contributed by atoms with Gasteiger partial charge in [-0.15, -0.1) is 0 Å². The molecule has 1 aliphatic heterocycles. The molecule has 2 heterocycles. The van der Waals surface area contributed by atoms with Crippen molar-refractivity contribution >= 4 is 51.1 Å². The van der Waals surface area contributed by atoms with Gasteiger partial charge in [-0.2, -0.15) is 0 Å². The van der Waals surface area contributed by atoms with Crippen LogP contribution in [0.4, 0.5) is 11.4 Å². The van der Waals surface area contributed by atoms with Crippen molar-refractivity contribution in [2.24, 2.45) is 0 Å². The number of fused-ring (bicyclic) bond motifs is 6.